The molecule has 0 aliphatic heterocycles. The normalized spacial score (nSPS) is 12.0. The van der Waals surface area contributed by atoms with E-state index in [1.54, 1.807) is 24.3 Å². The first kappa shape index (κ1) is 16.5. The Morgan fingerprint density at radius 1 is 1.14 bits per heavy atom. The molecule has 0 saturated heterocycles. The summed E-state index contributed by atoms with van der Waals surface area (Å²) in [5.74, 6) is -2.17. The molecular weight excluding hydrogens is 308 g/mol. The first-order valence-electron chi connectivity index (χ1n) is 6.67. The molecule has 0 radical (unpaired) electrons. The highest BCUT2D eigenvalue weighted by Gasteiger charge is 2.22. The van der Waals surface area contributed by atoms with E-state index < -0.39 is 16.9 Å². The fourth-order valence-electron chi connectivity index (χ4n) is 1.86. The summed E-state index contributed by atoms with van der Waals surface area (Å²) in [5, 5.41) is 10.8. The highest BCUT2D eigenvalue weighted by molar-refractivity contribution is 8.00. The van der Waals surface area contributed by atoms with Gasteiger partial charge in [-0.1, -0.05) is 30.3 Å². The maximum absolute atomic E-state index is 13.3. The molecule has 0 heterocycles. The molecule has 116 valence electrons. The average Bonchev–Trinajstić information content (AvgIpc) is 2.54. The molecule has 0 saturated carbocycles. The molecule has 0 aliphatic carbocycles. The summed E-state index contributed by atoms with van der Waals surface area (Å²) in [6.07, 6.45) is 0. The molecule has 0 bridgehead atoms. The van der Waals surface area contributed by atoms with E-state index in [1.807, 2.05) is 6.07 Å². The van der Waals surface area contributed by atoms with Crippen LogP contribution in [0.5, 0.6) is 0 Å². The van der Waals surface area contributed by atoms with E-state index in [0.717, 1.165) is 29.5 Å². The van der Waals surface area contributed by atoms with Gasteiger partial charge in [-0.15, -0.1) is 11.8 Å². The molecule has 1 amide bonds. The van der Waals surface area contributed by atoms with Crippen molar-refractivity contribution < 1.29 is 18.7 Å². The number of hydrogen-bond donors (Lipinski definition) is 2. The average molecular weight is 323 g/mol. The zero-order valence-corrected chi connectivity index (χ0v) is 12.4. The Bertz CT molecular complexity index is 637. The minimum Gasteiger partial charge on any atom is -0.395 e. The highest BCUT2D eigenvalue weighted by atomic mass is 32.2. The van der Waals surface area contributed by atoms with Gasteiger partial charge in [-0.25, -0.2) is 8.78 Å². The summed E-state index contributed by atoms with van der Waals surface area (Å²) in [6.45, 7) is -0.0242. The number of hydrogen-bond acceptors (Lipinski definition) is 3. The third-order valence-electron chi connectivity index (χ3n) is 2.90. The van der Waals surface area contributed by atoms with Crippen molar-refractivity contribution in [3.8, 4) is 0 Å². The van der Waals surface area contributed by atoms with E-state index in [0.29, 0.717) is 4.90 Å². The Hall–Kier alpha value is -1.92. The second kappa shape index (κ2) is 7.91. The molecule has 22 heavy (non-hydrogen) atoms. The smallest absolute Gasteiger partial charge is 0.238 e. The first-order valence-corrected chi connectivity index (χ1v) is 7.55. The predicted octanol–water partition coefficient (Wildman–Crippen LogP) is 2.91. The van der Waals surface area contributed by atoms with Crippen LogP contribution in [0.2, 0.25) is 0 Å². The van der Waals surface area contributed by atoms with Crippen LogP contribution in [0, 0.1) is 11.6 Å². The van der Waals surface area contributed by atoms with E-state index in [4.69, 9.17) is 5.11 Å². The van der Waals surface area contributed by atoms with Gasteiger partial charge in [0.1, 0.15) is 5.25 Å². The molecule has 0 spiro atoms. The number of aliphatic hydroxyl groups excluding tert-OH is 1. The number of benzene rings is 2. The van der Waals surface area contributed by atoms with Crippen LogP contribution >= 0.6 is 11.8 Å². The van der Waals surface area contributed by atoms with Gasteiger partial charge in [-0.3, -0.25) is 4.79 Å². The van der Waals surface area contributed by atoms with Crippen LogP contribution in [0.4, 0.5) is 8.78 Å². The minimum atomic E-state index is -0.951. The number of rotatable bonds is 6. The van der Waals surface area contributed by atoms with Crippen molar-refractivity contribution in [2.24, 2.45) is 0 Å². The fraction of sp³-hybridized carbons (Fsp3) is 0.188. The fourth-order valence-corrected chi connectivity index (χ4v) is 2.93. The molecule has 0 fully saturated rings. The van der Waals surface area contributed by atoms with E-state index >= 15 is 0 Å². The number of carbonyl (C=O) groups is 1. The van der Waals surface area contributed by atoms with Gasteiger partial charge in [-0.2, -0.15) is 0 Å². The van der Waals surface area contributed by atoms with Crippen molar-refractivity contribution in [1.29, 1.82) is 0 Å². The van der Waals surface area contributed by atoms with Crippen molar-refractivity contribution in [3.05, 3.63) is 65.7 Å². The van der Waals surface area contributed by atoms with Crippen molar-refractivity contribution in [3.63, 3.8) is 0 Å². The SMILES string of the molecule is O=C(NCCO)C(Sc1ccc(F)c(F)c1)c1ccccc1. The van der Waals surface area contributed by atoms with E-state index in [9.17, 15) is 13.6 Å². The monoisotopic (exact) mass is 323 g/mol. The van der Waals surface area contributed by atoms with Crippen LogP contribution in [0.1, 0.15) is 10.8 Å². The second-order valence-electron chi connectivity index (χ2n) is 4.50. The maximum Gasteiger partial charge on any atom is 0.238 e. The lowest BCUT2D eigenvalue weighted by molar-refractivity contribution is -0.120. The third-order valence-corrected chi connectivity index (χ3v) is 4.14. The number of thioether (sulfide) groups is 1. The van der Waals surface area contributed by atoms with E-state index in [-0.39, 0.29) is 19.1 Å². The lowest BCUT2D eigenvalue weighted by Gasteiger charge is -2.16. The van der Waals surface area contributed by atoms with Crippen LogP contribution in [-0.4, -0.2) is 24.2 Å². The highest BCUT2D eigenvalue weighted by Crippen LogP contribution is 2.35. The Balaban J connectivity index is 2.24. The molecule has 3 nitrogen and oxygen atoms in total. The largest absolute Gasteiger partial charge is 0.395 e. The summed E-state index contributed by atoms with van der Waals surface area (Å²) in [6, 6.07) is 12.5. The first-order chi connectivity index (χ1) is 10.6. The van der Waals surface area contributed by atoms with E-state index in [2.05, 4.69) is 5.32 Å². The summed E-state index contributed by atoms with van der Waals surface area (Å²) in [7, 11) is 0. The zero-order chi connectivity index (χ0) is 15.9. The number of nitrogens with one attached hydrogen (secondary N) is 1. The number of halogens is 2. The summed E-state index contributed by atoms with van der Waals surface area (Å²) in [4.78, 5) is 12.7. The zero-order valence-electron chi connectivity index (χ0n) is 11.6. The standard InChI is InChI=1S/C16H15F2NO2S/c17-13-7-6-12(10-14(13)18)22-15(16(21)19-8-9-20)11-4-2-1-3-5-11/h1-7,10,15,20H,8-9H2,(H,19,21). The number of amides is 1. The number of carbonyl (C=O) groups excluding carboxylic acids is 1. The third kappa shape index (κ3) is 4.29. The Morgan fingerprint density at radius 2 is 1.86 bits per heavy atom. The predicted molar refractivity (Wildman–Crippen MR) is 81.5 cm³/mol. The molecule has 6 heteroatoms. The summed E-state index contributed by atoms with van der Waals surface area (Å²) < 4.78 is 26.3. The van der Waals surface area contributed by atoms with Crippen LogP contribution in [0.3, 0.4) is 0 Å². The van der Waals surface area contributed by atoms with E-state index in [1.165, 1.54) is 6.07 Å². The van der Waals surface area contributed by atoms with Crippen LogP contribution in [-0.2, 0) is 4.79 Å². The molecule has 1 unspecified atom stereocenters. The van der Waals surface area contributed by atoms with Crippen LogP contribution < -0.4 is 5.32 Å². The lowest BCUT2D eigenvalue weighted by Crippen LogP contribution is -2.30. The topological polar surface area (TPSA) is 49.3 Å². The molecule has 0 aromatic heterocycles. The molecular formula is C16H15F2NO2S. The molecule has 2 N–H and O–H groups in total. The lowest BCUT2D eigenvalue weighted by atomic mass is 10.1. The maximum atomic E-state index is 13.3. The van der Waals surface area contributed by atoms with Crippen molar-refractivity contribution in [1.82, 2.24) is 5.32 Å². The minimum absolute atomic E-state index is 0.139. The van der Waals surface area contributed by atoms with Gasteiger partial charge < -0.3 is 10.4 Å². The number of aliphatic hydroxyl groups is 1. The Kier molecular flexibility index (Phi) is 5.91. The van der Waals surface area contributed by atoms with Crippen molar-refractivity contribution >= 4 is 17.7 Å². The Morgan fingerprint density at radius 3 is 2.50 bits per heavy atom. The van der Waals surface area contributed by atoms with Gasteiger partial charge in [0.05, 0.1) is 6.61 Å². The summed E-state index contributed by atoms with van der Waals surface area (Å²) in [5.41, 5.74) is 0.743. The van der Waals surface area contributed by atoms with Gasteiger partial charge in [0, 0.05) is 11.4 Å². The molecule has 2 aromatic carbocycles. The van der Waals surface area contributed by atoms with Crippen LogP contribution in [0.15, 0.2) is 53.4 Å². The van der Waals surface area contributed by atoms with Gasteiger partial charge in [0.25, 0.3) is 0 Å². The molecule has 2 rings (SSSR count). The van der Waals surface area contributed by atoms with Crippen molar-refractivity contribution in [2.45, 2.75) is 10.1 Å². The molecule has 1 atom stereocenters. The molecule has 0 aliphatic rings. The van der Waals surface area contributed by atoms with Gasteiger partial charge in [-0.05, 0) is 23.8 Å². The van der Waals surface area contributed by atoms with Crippen LogP contribution in [0.25, 0.3) is 0 Å². The van der Waals surface area contributed by atoms with Gasteiger partial charge >= 0.3 is 0 Å². The van der Waals surface area contributed by atoms with Gasteiger partial charge in [0.15, 0.2) is 11.6 Å². The summed E-state index contributed by atoms with van der Waals surface area (Å²) >= 11 is 1.12. The molecule has 2 aromatic rings. The Labute approximate surface area is 131 Å². The second-order valence-corrected chi connectivity index (χ2v) is 5.68. The quantitative estimate of drug-likeness (QED) is 0.804. The van der Waals surface area contributed by atoms with Gasteiger partial charge in [0.2, 0.25) is 5.91 Å². The van der Waals surface area contributed by atoms with Crippen molar-refractivity contribution in [2.75, 3.05) is 13.2 Å².